The average molecular weight is 425 g/mol. The van der Waals surface area contributed by atoms with Crippen LogP contribution in [0.2, 0.25) is 19.6 Å². The van der Waals surface area contributed by atoms with Gasteiger partial charge in [0.25, 0.3) is 0 Å². The predicted molar refractivity (Wildman–Crippen MR) is 134 cm³/mol. The van der Waals surface area contributed by atoms with Gasteiger partial charge in [0.2, 0.25) is 0 Å². The molecule has 0 fully saturated rings. The Labute approximate surface area is 184 Å². The second-order valence-electron chi connectivity index (χ2n) is 9.89. The summed E-state index contributed by atoms with van der Waals surface area (Å²) in [6.45, 7) is 11.7. The van der Waals surface area contributed by atoms with Crippen molar-refractivity contribution < 1.29 is 4.42 Å². The van der Waals surface area contributed by atoms with Gasteiger partial charge in [-0.15, -0.1) is 0 Å². The monoisotopic (exact) mass is 424 g/mol. The minimum Gasteiger partial charge on any atom is -0.452 e. The van der Waals surface area contributed by atoms with Crippen molar-refractivity contribution in [2.75, 3.05) is 0 Å². The Hall–Kier alpha value is -2.98. The highest BCUT2D eigenvalue weighted by Gasteiger charge is 2.22. The van der Waals surface area contributed by atoms with Gasteiger partial charge < -0.3 is 4.42 Å². The van der Waals surface area contributed by atoms with Crippen LogP contribution in [0.25, 0.3) is 44.1 Å². The molecule has 0 saturated carbocycles. The maximum atomic E-state index is 6.49. The van der Waals surface area contributed by atoms with E-state index in [-0.39, 0.29) is 0 Å². The molecule has 5 rings (SSSR count). The van der Waals surface area contributed by atoms with E-state index in [4.69, 9.17) is 9.40 Å². The van der Waals surface area contributed by atoms with Crippen molar-refractivity contribution in [1.29, 1.82) is 0 Å². The van der Waals surface area contributed by atoms with Crippen molar-refractivity contribution >= 4 is 46.1 Å². The first-order valence-corrected chi connectivity index (χ1v) is 14.5. The van der Waals surface area contributed by atoms with Crippen LogP contribution in [-0.2, 0) is 6.42 Å². The molecule has 0 aliphatic rings. The maximum absolute atomic E-state index is 6.49. The van der Waals surface area contributed by atoms with Gasteiger partial charge in [-0.05, 0) is 40.8 Å². The van der Waals surface area contributed by atoms with Crippen molar-refractivity contribution in [2.24, 2.45) is 5.92 Å². The molecule has 4 heteroatoms. The van der Waals surface area contributed by atoms with Crippen molar-refractivity contribution in [3.63, 3.8) is 0 Å². The van der Waals surface area contributed by atoms with E-state index in [0.29, 0.717) is 5.92 Å². The highest BCUT2D eigenvalue weighted by Crippen LogP contribution is 2.36. The Balaban J connectivity index is 1.81. The molecule has 5 aromatic rings. The second-order valence-corrected chi connectivity index (χ2v) is 14.9. The van der Waals surface area contributed by atoms with Crippen molar-refractivity contribution in [1.82, 2.24) is 9.97 Å². The fraction of sp³-hybridized carbons (Fsp3) is 0.259. The lowest BCUT2D eigenvalue weighted by Gasteiger charge is -2.20. The normalized spacial score (nSPS) is 12.5. The molecule has 2 heterocycles. The molecule has 0 spiro atoms. The van der Waals surface area contributed by atoms with Gasteiger partial charge in [0.1, 0.15) is 23.1 Å². The summed E-state index contributed by atoms with van der Waals surface area (Å²) in [4.78, 5) is 9.32. The molecule has 0 aliphatic carbocycles. The Morgan fingerprint density at radius 2 is 1.65 bits per heavy atom. The quantitative estimate of drug-likeness (QED) is 0.293. The van der Waals surface area contributed by atoms with E-state index in [1.54, 1.807) is 6.33 Å². The van der Waals surface area contributed by atoms with Gasteiger partial charge in [-0.3, -0.25) is 0 Å². The molecule has 0 amide bonds. The number of furan rings is 1. The van der Waals surface area contributed by atoms with Crippen LogP contribution in [0.15, 0.2) is 65.3 Å². The van der Waals surface area contributed by atoms with E-state index in [9.17, 15) is 0 Å². The SMILES string of the molecule is CC(C)Cc1cccc2c1oc1c(-c3cc([Si](C)(C)C)c4ccccc4c3)ncnc12. The van der Waals surface area contributed by atoms with Crippen LogP contribution < -0.4 is 5.19 Å². The largest absolute Gasteiger partial charge is 0.452 e. The fourth-order valence-corrected chi connectivity index (χ4v) is 6.15. The van der Waals surface area contributed by atoms with Crippen LogP contribution in [0.1, 0.15) is 19.4 Å². The zero-order chi connectivity index (χ0) is 21.8. The minimum absolute atomic E-state index is 0.559. The van der Waals surface area contributed by atoms with Crippen molar-refractivity contribution in [2.45, 2.75) is 39.9 Å². The van der Waals surface area contributed by atoms with Crippen LogP contribution in [0, 0.1) is 5.92 Å². The van der Waals surface area contributed by atoms with Gasteiger partial charge in [0.15, 0.2) is 5.58 Å². The molecular weight excluding hydrogens is 396 g/mol. The molecule has 0 radical (unpaired) electrons. The van der Waals surface area contributed by atoms with Gasteiger partial charge in [-0.2, -0.15) is 0 Å². The number of hydrogen-bond acceptors (Lipinski definition) is 3. The van der Waals surface area contributed by atoms with Gasteiger partial charge >= 0.3 is 0 Å². The Kier molecular flexibility index (Phi) is 4.70. The number of aromatic nitrogens is 2. The highest BCUT2D eigenvalue weighted by atomic mass is 28.3. The van der Waals surface area contributed by atoms with E-state index in [2.05, 4.69) is 93.1 Å². The number of nitrogens with zero attached hydrogens (tertiary/aromatic N) is 2. The predicted octanol–water partition coefficient (Wildman–Crippen LogP) is 6.94. The van der Waals surface area contributed by atoms with E-state index in [1.807, 2.05) is 0 Å². The van der Waals surface area contributed by atoms with Gasteiger partial charge in [0.05, 0.1) is 8.07 Å². The Morgan fingerprint density at radius 1 is 0.871 bits per heavy atom. The third-order valence-electron chi connectivity index (χ3n) is 5.93. The van der Waals surface area contributed by atoms with Gasteiger partial charge in [0, 0.05) is 10.9 Å². The van der Waals surface area contributed by atoms with E-state index in [1.165, 1.54) is 21.5 Å². The van der Waals surface area contributed by atoms with Crippen LogP contribution in [0.3, 0.4) is 0 Å². The molecule has 0 unspecified atom stereocenters. The molecule has 0 aliphatic heterocycles. The lowest BCUT2D eigenvalue weighted by molar-refractivity contribution is 0.623. The summed E-state index contributed by atoms with van der Waals surface area (Å²) in [6.07, 6.45) is 2.65. The van der Waals surface area contributed by atoms with Crippen LogP contribution >= 0.6 is 0 Å². The Morgan fingerprint density at radius 3 is 2.42 bits per heavy atom. The number of para-hydroxylation sites is 1. The van der Waals surface area contributed by atoms with Crippen molar-refractivity contribution in [3.8, 4) is 11.3 Å². The fourth-order valence-electron chi connectivity index (χ4n) is 4.53. The molecule has 3 nitrogen and oxygen atoms in total. The van der Waals surface area contributed by atoms with Crippen molar-refractivity contribution in [3.05, 3.63) is 66.5 Å². The van der Waals surface area contributed by atoms with E-state index < -0.39 is 8.07 Å². The van der Waals surface area contributed by atoms with Gasteiger partial charge in [-0.25, -0.2) is 9.97 Å². The third kappa shape index (κ3) is 3.45. The number of benzene rings is 3. The van der Waals surface area contributed by atoms with E-state index >= 15 is 0 Å². The number of hydrogen-bond donors (Lipinski definition) is 0. The summed E-state index contributed by atoms with van der Waals surface area (Å²) in [5, 5.41) is 5.12. The zero-order valence-corrected chi connectivity index (χ0v) is 19.9. The Bertz CT molecular complexity index is 1430. The molecule has 0 atom stereocenters. The summed E-state index contributed by atoms with van der Waals surface area (Å²) in [7, 11) is -1.56. The molecule has 0 N–H and O–H groups in total. The summed E-state index contributed by atoms with van der Waals surface area (Å²) in [5.74, 6) is 0.559. The summed E-state index contributed by atoms with van der Waals surface area (Å²) in [6, 6.07) is 19.6. The molecule has 2 aromatic heterocycles. The average Bonchev–Trinajstić information content (AvgIpc) is 3.12. The third-order valence-corrected chi connectivity index (χ3v) is 7.96. The smallest absolute Gasteiger partial charge is 0.180 e. The zero-order valence-electron chi connectivity index (χ0n) is 18.9. The number of rotatable bonds is 4. The van der Waals surface area contributed by atoms with Gasteiger partial charge in [-0.1, -0.05) is 81.1 Å². The number of fused-ring (bicyclic) bond motifs is 4. The summed E-state index contributed by atoms with van der Waals surface area (Å²) >= 11 is 0. The first-order valence-electron chi connectivity index (χ1n) is 11.0. The second kappa shape index (κ2) is 7.31. The first kappa shape index (κ1) is 19.9. The molecular formula is C27H28N2OSi. The van der Waals surface area contributed by atoms with E-state index in [0.717, 1.165) is 39.7 Å². The lowest BCUT2D eigenvalue weighted by atomic mass is 10.0. The topological polar surface area (TPSA) is 38.9 Å². The molecule has 156 valence electrons. The minimum atomic E-state index is -1.56. The summed E-state index contributed by atoms with van der Waals surface area (Å²) < 4.78 is 6.49. The standard InChI is InChI=1S/C27H28N2OSi/c1-17(2)13-19-10-8-12-22-25-27(30-26(19)22)24(28-16-29-25)20-14-18-9-6-7-11-21(18)23(15-20)31(3,4)5/h6-12,14-17H,13H2,1-5H3. The first-order chi connectivity index (χ1) is 14.8. The highest BCUT2D eigenvalue weighted by molar-refractivity contribution is 6.90. The van der Waals surface area contributed by atoms with Crippen LogP contribution in [0.4, 0.5) is 0 Å². The molecule has 3 aromatic carbocycles. The summed E-state index contributed by atoms with van der Waals surface area (Å²) in [5.41, 5.74) is 5.84. The maximum Gasteiger partial charge on any atom is 0.180 e. The lowest BCUT2D eigenvalue weighted by Crippen LogP contribution is -2.38. The molecule has 0 bridgehead atoms. The van der Waals surface area contributed by atoms with Crippen LogP contribution in [0.5, 0.6) is 0 Å². The molecule has 31 heavy (non-hydrogen) atoms. The van der Waals surface area contributed by atoms with Crippen LogP contribution in [-0.4, -0.2) is 18.0 Å². The molecule has 0 saturated heterocycles.